The first-order valence-corrected chi connectivity index (χ1v) is 7.28. The lowest BCUT2D eigenvalue weighted by atomic mass is 9.80. The van der Waals surface area contributed by atoms with Gasteiger partial charge in [-0.25, -0.2) is 0 Å². The Hall–Kier alpha value is -1.55. The minimum absolute atomic E-state index is 0.0445. The fourth-order valence-corrected chi connectivity index (χ4v) is 2.80. The molecule has 0 spiro atoms. The number of ether oxygens (including phenoxy) is 2. The van der Waals surface area contributed by atoms with Crippen molar-refractivity contribution in [3.05, 3.63) is 30.3 Å². The third kappa shape index (κ3) is 3.31. The molecule has 1 aromatic carbocycles. The van der Waals surface area contributed by atoms with Crippen molar-refractivity contribution < 1.29 is 14.3 Å². The van der Waals surface area contributed by atoms with Crippen LogP contribution in [0.4, 0.5) is 0 Å². The molecule has 0 bridgehead atoms. The molecule has 1 saturated carbocycles. The molecule has 1 fully saturated rings. The van der Waals surface area contributed by atoms with Gasteiger partial charge in [0.1, 0.15) is 17.4 Å². The molecule has 4 heteroatoms. The van der Waals surface area contributed by atoms with Gasteiger partial charge in [-0.2, -0.15) is 0 Å². The second-order valence-electron chi connectivity index (χ2n) is 5.20. The summed E-state index contributed by atoms with van der Waals surface area (Å²) < 4.78 is 11.2. The van der Waals surface area contributed by atoms with Crippen molar-refractivity contribution in [3.63, 3.8) is 0 Å². The van der Waals surface area contributed by atoms with Gasteiger partial charge in [0.05, 0.1) is 6.61 Å². The van der Waals surface area contributed by atoms with Crippen LogP contribution in [0.5, 0.6) is 5.75 Å². The van der Waals surface area contributed by atoms with Crippen molar-refractivity contribution >= 4 is 5.97 Å². The predicted octanol–water partition coefficient (Wildman–Crippen LogP) is 2.53. The second kappa shape index (κ2) is 6.75. The standard InChI is InChI=1S/C16H23NO3/c1-3-19-15(18)16(17-2)11-7-10-14(12-16)20-13-8-5-4-6-9-13/h4-6,8-9,14,17H,3,7,10-12H2,1-2H3. The SMILES string of the molecule is CCOC(=O)C1(NC)CCCC(Oc2ccccc2)C1. The Morgan fingerprint density at radius 3 is 2.80 bits per heavy atom. The topological polar surface area (TPSA) is 47.6 Å². The first-order chi connectivity index (χ1) is 9.70. The smallest absolute Gasteiger partial charge is 0.326 e. The van der Waals surface area contributed by atoms with Crippen molar-refractivity contribution in [2.45, 2.75) is 44.2 Å². The molecular formula is C16H23NO3. The molecule has 1 aliphatic carbocycles. The van der Waals surface area contributed by atoms with Gasteiger partial charge in [-0.15, -0.1) is 0 Å². The number of hydrogen-bond acceptors (Lipinski definition) is 4. The second-order valence-corrected chi connectivity index (χ2v) is 5.20. The fourth-order valence-electron chi connectivity index (χ4n) is 2.80. The molecule has 110 valence electrons. The van der Waals surface area contributed by atoms with Gasteiger partial charge in [-0.1, -0.05) is 18.2 Å². The maximum atomic E-state index is 12.2. The lowest BCUT2D eigenvalue weighted by Crippen LogP contribution is -2.56. The van der Waals surface area contributed by atoms with E-state index in [9.17, 15) is 4.79 Å². The normalized spacial score (nSPS) is 26.0. The molecule has 2 atom stereocenters. The summed E-state index contributed by atoms with van der Waals surface area (Å²) in [5.41, 5.74) is -0.603. The Kier molecular flexibility index (Phi) is 5.01. The Labute approximate surface area is 120 Å². The number of rotatable bonds is 5. The number of nitrogens with one attached hydrogen (secondary N) is 1. The quantitative estimate of drug-likeness (QED) is 0.840. The summed E-state index contributed by atoms with van der Waals surface area (Å²) in [7, 11) is 1.82. The number of carbonyl (C=O) groups is 1. The summed E-state index contributed by atoms with van der Waals surface area (Å²) in [6.07, 6.45) is 3.42. The third-order valence-electron chi connectivity index (χ3n) is 3.90. The van der Waals surface area contributed by atoms with E-state index in [-0.39, 0.29) is 12.1 Å². The van der Waals surface area contributed by atoms with Crippen molar-refractivity contribution in [2.24, 2.45) is 0 Å². The molecule has 2 unspecified atom stereocenters. The van der Waals surface area contributed by atoms with Gasteiger partial charge < -0.3 is 14.8 Å². The Balaban J connectivity index is 2.04. The number of benzene rings is 1. The molecule has 1 aromatic rings. The summed E-state index contributed by atoms with van der Waals surface area (Å²) in [6, 6.07) is 9.76. The van der Waals surface area contributed by atoms with Crippen molar-refractivity contribution in [1.82, 2.24) is 5.32 Å². The van der Waals surface area contributed by atoms with E-state index in [1.54, 1.807) is 0 Å². The van der Waals surface area contributed by atoms with Crippen LogP contribution in [0.2, 0.25) is 0 Å². The van der Waals surface area contributed by atoms with Gasteiger partial charge in [0.15, 0.2) is 0 Å². The highest BCUT2D eigenvalue weighted by atomic mass is 16.5. The Morgan fingerprint density at radius 1 is 1.40 bits per heavy atom. The molecule has 0 saturated heterocycles. The van der Waals surface area contributed by atoms with Gasteiger partial charge in [0, 0.05) is 6.42 Å². The average molecular weight is 277 g/mol. The first-order valence-electron chi connectivity index (χ1n) is 7.28. The van der Waals surface area contributed by atoms with E-state index in [0.29, 0.717) is 13.0 Å². The maximum Gasteiger partial charge on any atom is 0.326 e. The zero-order chi connectivity index (χ0) is 14.4. The van der Waals surface area contributed by atoms with E-state index in [4.69, 9.17) is 9.47 Å². The molecule has 1 aliphatic rings. The van der Waals surface area contributed by atoms with E-state index in [2.05, 4.69) is 5.32 Å². The summed E-state index contributed by atoms with van der Waals surface area (Å²) in [5.74, 6) is 0.692. The molecule has 0 radical (unpaired) electrons. The van der Waals surface area contributed by atoms with E-state index < -0.39 is 5.54 Å². The number of carbonyl (C=O) groups excluding carboxylic acids is 1. The van der Waals surface area contributed by atoms with E-state index >= 15 is 0 Å². The van der Waals surface area contributed by atoms with Gasteiger partial charge in [-0.3, -0.25) is 4.79 Å². The van der Waals surface area contributed by atoms with Gasteiger partial charge in [-0.05, 0) is 45.4 Å². The van der Waals surface area contributed by atoms with Gasteiger partial charge in [0.2, 0.25) is 0 Å². The zero-order valence-corrected chi connectivity index (χ0v) is 12.2. The third-order valence-corrected chi connectivity index (χ3v) is 3.90. The largest absolute Gasteiger partial charge is 0.490 e. The van der Waals surface area contributed by atoms with Crippen LogP contribution in [0.3, 0.4) is 0 Å². The maximum absolute atomic E-state index is 12.2. The van der Waals surface area contributed by atoms with Crippen LogP contribution in [0.15, 0.2) is 30.3 Å². The number of esters is 1. The average Bonchev–Trinajstić information content (AvgIpc) is 2.48. The Bertz CT molecular complexity index is 435. The van der Waals surface area contributed by atoms with Crippen LogP contribution in [0, 0.1) is 0 Å². The van der Waals surface area contributed by atoms with E-state index in [1.807, 2.05) is 44.3 Å². The number of hydrogen-bond donors (Lipinski definition) is 1. The highest BCUT2D eigenvalue weighted by Crippen LogP contribution is 2.32. The number of likely N-dealkylation sites (N-methyl/N-ethyl adjacent to an activating group) is 1. The molecule has 2 rings (SSSR count). The lowest BCUT2D eigenvalue weighted by Gasteiger charge is -2.38. The van der Waals surface area contributed by atoms with Crippen LogP contribution >= 0.6 is 0 Å². The van der Waals surface area contributed by atoms with Crippen LogP contribution in [0.1, 0.15) is 32.6 Å². The van der Waals surface area contributed by atoms with E-state index in [0.717, 1.165) is 25.0 Å². The van der Waals surface area contributed by atoms with Crippen LogP contribution < -0.4 is 10.1 Å². The summed E-state index contributed by atoms with van der Waals surface area (Å²) in [6.45, 7) is 2.24. The molecule has 0 aliphatic heterocycles. The minimum atomic E-state index is -0.603. The summed E-state index contributed by atoms with van der Waals surface area (Å²) >= 11 is 0. The summed E-state index contributed by atoms with van der Waals surface area (Å²) in [4.78, 5) is 12.2. The van der Waals surface area contributed by atoms with Crippen LogP contribution in [-0.4, -0.2) is 31.3 Å². The van der Waals surface area contributed by atoms with Crippen LogP contribution in [0.25, 0.3) is 0 Å². The van der Waals surface area contributed by atoms with Gasteiger partial charge >= 0.3 is 5.97 Å². The first kappa shape index (κ1) is 14.9. The van der Waals surface area contributed by atoms with Crippen molar-refractivity contribution in [1.29, 1.82) is 0 Å². The molecule has 0 aromatic heterocycles. The predicted molar refractivity (Wildman–Crippen MR) is 77.7 cm³/mol. The molecule has 0 amide bonds. The molecule has 20 heavy (non-hydrogen) atoms. The summed E-state index contributed by atoms with van der Waals surface area (Å²) in [5, 5.41) is 3.16. The highest BCUT2D eigenvalue weighted by Gasteiger charge is 2.43. The Morgan fingerprint density at radius 2 is 2.15 bits per heavy atom. The number of para-hydroxylation sites is 1. The van der Waals surface area contributed by atoms with Crippen molar-refractivity contribution in [2.75, 3.05) is 13.7 Å². The molecule has 4 nitrogen and oxygen atoms in total. The molecule has 0 heterocycles. The fraction of sp³-hybridized carbons (Fsp3) is 0.562. The monoisotopic (exact) mass is 277 g/mol. The lowest BCUT2D eigenvalue weighted by molar-refractivity contribution is -0.154. The molecule has 1 N–H and O–H groups in total. The minimum Gasteiger partial charge on any atom is -0.490 e. The zero-order valence-electron chi connectivity index (χ0n) is 12.2. The van der Waals surface area contributed by atoms with Crippen LogP contribution in [-0.2, 0) is 9.53 Å². The highest BCUT2D eigenvalue weighted by molar-refractivity contribution is 5.81. The van der Waals surface area contributed by atoms with E-state index in [1.165, 1.54) is 0 Å². The van der Waals surface area contributed by atoms with Crippen molar-refractivity contribution in [3.8, 4) is 5.75 Å². The van der Waals surface area contributed by atoms with Gasteiger partial charge in [0.25, 0.3) is 0 Å². The molecular weight excluding hydrogens is 254 g/mol.